The topological polar surface area (TPSA) is 64.5 Å². The van der Waals surface area contributed by atoms with Crippen LogP contribution in [0.3, 0.4) is 0 Å². The maximum Gasteiger partial charge on any atom is 0.164 e. The summed E-state index contributed by atoms with van der Waals surface area (Å²) in [6.45, 7) is 0. The van der Waals surface area contributed by atoms with Crippen molar-refractivity contribution in [1.82, 2.24) is 24.9 Å². The van der Waals surface area contributed by atoms with Gasteiger partial charge >= 0.3 is 0 Å². The number of hydrogen-bond acceptors (Lipinski definition) is 5. The minimum Gasteiger partial charge on any atom is -0.236 e. The van der Waals surface area contributed by atoms with Gasteiger partial charge < -0.3 is 0 Å². The molecule has 5 heteroatoms. The minimum absolute atomic E-state index is 0.576. The van der Waals surface area contributed by atoms with Gasteiger partial charge in [-0.05, 0) is 62.5 Å². The first kappa shape index (κ1) is 29.3. The Balaban J connectivity index is 1.28. The molecule has 9 aromatic rings. The molecular weight excluding hydrogens is 611 g/mol. The van der Waals surface area contributed by atoms with E-state index < -0.39 is 0 Å². The van der Waals surface area contributed by atoms with Crippen molar-refractivity contribution in [2.24, 2.45) is 0 Å². The minimum atomic E-state index is 0.576. The van der Waals surface area contributed by atoms with Crippen molar-refractivity contribution >= 4 is 21.5 Å². The SMILES string of the molecule is c1ccc(-c2cnc(-c3cc(-c4nc(-c5ccccc5)nc(-c5ccccc5)n4)cc(-c4cc5ccccc5c5ccccc45)c3)nc2)cc1. The molecule has 7 aromatic carbocycles. The van der Waals surface area contributed by atoms with E-state index in [-0.39, 0.29) is 0 Å². The van der Waals surface area contributed by atoms with Gasteiger partial charge in [0.15, 0.2) is 23.3 Å². The maximum atomic E-state index is 5.07. The molecule has 5 nitrogen and oxygen atoms in total. The van der Waals surface area contributed by atoms with Crippen molar-refractivity contribution in [1.29, 1.82) is 0 Å². The number of hydrogen-bond donors (Lipinski definition) is 0. The molecule has 0 amide bonds. The first-order chi connectivity index (χ1) is 24.8. The van der Waals surface area contributed by atoms with E-state index in [1.807, 2.05) is 91.3 Å². The van der Waals surface area contributed by atoms with Crippen molar-refractivity contribution in [2.45, 2.75) is 0 Å². The quantitative estimate of drug-likeness (QED) is 0.169. The Labute approximate surface area is 289 Å². The van der Waals surface area contributed by atoms with E-state index >= 15 is 0 Å². The van der Waals surface area contributed by atoms with Gasteiger partial charge in [0.05, 0.1) is 0 Å². The molecule has 0 fully saturated rings. The zero-order chi connectivity index (χ0) is 33.3. The molecule has 0 spiro atoms. The van der Waals surface area contributed by atoms with E-state index in [2.05, 4.69) is 84.9 Å². The average molecular weight is 640 g/mol. The van der Waals surface area contributed by atoms with Crippen LogP contribution in [-0.2, 0) is 0 Å². The Kier molecular flexibility index (Phi) is 7.41. The van der Waals surface area contributed by atoms with E-state index in [0.29, 0.717) is 23.3 Å². The standard InChI is InChI=1S/C45H29N5/c1-4-14-30(15-5-1)37-28-46-42(47-29-37)35-24-34(41-27-33-20-10-11-21-38(33)39-22-12-13-23-40(39)41)25-36(26-35)45-49-43(31-16-6-2-7-17-31)48-44(50-45)32-18-8-3-9-19-32/h1-29H. The lowest BCUT2D eigenvalue weighted by Gasteiger charge is -2.14. The normalized spacial score (nSPS) is 11.2. The summed E-state index contributed by atoms with van der Waals surface area (Å²) in [5.41, 5.74) is 7.74. The van der Waals surface area contributed by atoms with Gasteiger partial charge in [-0.25, -0.2) is 24.9 Å². The first-order valence-electron chi connectivity index (χ1n) is 16.6. The van der Waals surface area contributed by atoms with Crippen molar-refractivity contribution in [3.05, 3.63) is 176 Å². The summed E-state index contributed by atoms with van der Waals surface area (Å²) in [5.74, 6) is 2.42. The molecule has 0 saturated heterocycles. The molecular formula is C45H29N5. The summed E-state index contributed by atoms with van der Waals surface area (Å²) < 4.78 is 0. The third kappa shape index (κ3) is 5.57. The van der Waals surface area contributed by atoms with Crippen molar-refractivity contribution in [3.8, 4) is 67.8 Å². The van der Waals surface area contributed by atoms with Crippen molar-refractivity contribution < 1.29 is 0 Å². The van der Waals surface area contributed by atoms with Gasteiger partial charge in [-0.2, -0.15) is 0 Å². The molecule has 0 unspecified atom stereocenters. The van der Waals surface area contributed by atoms with E-state index in [0.717, 1.165) is 44.5 Å². The zero-order valence-electron chi connectivity index (χ0n) is 27.0. The Hall–Kier alpha value is -6.85. The second kappa shape index (κ2) is 12.6. The summed E-state index contributed by atoms with van der Waals surface area (Å²) in [7, 11) is 0. The lowest BCUT2D eigenvalue weighted by Crippen LogP contribution is -2.01. The van der Waals surface area contributed by atoms with Gasteiger partial charge in [-0.15, -0.1) is 0 Å². The Bertz CT molecular complexity index is 2560. The highest BCUT2D eigenvalue weighted by Gasteiger charge is 2.17. The molecule has 0 bridgehead atoms. The highest BCUT2D eigenvalue weighted by molar-refractivity contribution is 6.14. The van der Waals surface area contributed by atoms with Crippen molar-refractivity contribution in [2.75, 3.05) is 0 Å². The second-order valence-electron chi connectivity index (χ2n) is 12.2. The van der Waals surface area contributed by atoms with Crippen LogP contribution in [0.1, 0.15) is 0 Å². The highest BCUT2D eigenvalue weighted by atomic mass is 15.0. The molecule has 0 radical (unpaired) electrons. The van der Waals surface area contributed by atoms with Crippen LogP contribution in [0.15, 0.2) is 176 Å². The zero-order valence-corrected chi connectivity index (χ0v) is 27.0. The lowest BCUT2D eigenvalue weighted by molar-refractivity contribution is 1.07. The fraction of sp³-hybridized carbons (Fsp3) is 0. The molecule has 2 aromatic heterocycles. The monoisotopic (exact) mass is 639 g/mol. The van der Waals surface area contributed by atoms with E-state index in [1.54, 1.807) is 0 Å². The molecule has 0 aliphatic rings. The van der Waals surface area contributed by atoms with Crippen LogP contribution < -0.4 is 0 Å². The van der Waals surface area contributed by atoms with Crippen LogP contribution in [0.2, 0.25) is 0 Å². The van der Waals surface area contributed by atoms with E-state index in [4.69, 9.17) is 24.9 Å². The predicted molar refractivity (Wildman–Crippen MR) is 203 cm³/mol. The van der Waals surface area contributed by atoms with E-state index in [9.17, 15) is 0 Å². The molecule has 0 aliphatic carbocycles. The molecule has 0 N–H and O–H groups in total. The van der Waals surface area contributed by atoms with Crippen LogP contribution in [0.25, 0.3) is 89.4 Å². The van der Waals surface area contributed by atoms with Crippen LogP contribution in [0, 0.1) is 0 Å². The molecule has 0 saturated carbocycles. The Morgan fingerprint density at radius 2 is 0.720 bits per heavy atom. The van der Waals surface area contributed by atoms with Gasteiger partial charge in [-0.1, -0.05) is 140 Å². The molecule has 0 aliphatic heterocycles. The third-order valence-electron chi connectivity index (χ3n) is 8.99. The van der Waals surface area contributed by atoms with E-state index in [1.165, 1.54) is 21.5 Å². The smallest absolute Gasteiger partial charge is 0.164 e. The number of aromatic nitrogens is 5. The van der Waals surface area contributed by atoms with Crippen LogP contribution in [-0.4, -0.2) is 24.9 Å². The van der Waals surface area contributed by atoms with Gasteiger partial charge in [0.2, 0.25) is 0 Å². The van der Waals surface area contributed by atoms with Crippen molar-refractivity contribution in [3.63, 3.8) is 0 Å². The Morgan fingerprint density at radius 1 is 0.280 bits per heavy atom. The van der Waals surface area contributed by atoms with Gasteiger partial charge in [0, 0.05) is 40.2 Å². The fourth-order valence-corrected chi connectivity index (χ4v) is 6.53. The summed E-state index contributed by atoms with van der Waals surface area (Å²) in [6.07, 6.45) is 3.78. The molecule has 2 heterocycles. The van der Waals surface area contributed by atoms with Gasteiger partial charge in [0.25, 0.3) is 0 Å². The summed E-state index contributed by atoms with van der Waals surface area (Å²) >= 11 is 0. The Morgan fingerprint density at radius 3 is 1.32 bits per heavy atom. The van der Waals surface area contributed by atoms with Crippen LogP contribution in [0.4, 0.5) is 0 Å². The summed E-state index contributed by atoms with van der Waals surface area (Å²) in [5, 5.41) is 4.77. The molecule has 9 rings (SSSR count). The summed E-state index contributed by atoms with van der Waals surface area (Å²) in [4.78, 5) is 24.8. The molecule has 50 heavy (non-hydrogen) atoms. The largest absolute Gasteiger partial charge is 0.236 e. The van der Waals surface area contributed by atoms with Gasteiger partial charge in [-0.3, -0.25) is 0 Å². The first-order valence-corrected chi connectivity index (χ1v) is 16.6. The number of benzene rings is 7. The summed E-state index contributed by atoms with van der Waals surface area (Å²) in [6, 6.07) is 56.1. The van der Waals surface area contributed by atoms with Crippen LogP contribution >= 0.6 is 0 Å². The molecule has 0 atom stereocenters. The number of fused-ring (bicyclic) bond motifs is 3. The number of nitrogens with zero attached hydrogens (tertiary/aromatic N) is 5. The van der Waals surface area contributed by atoms with Gasteiger partial charge in [0.1, 0.15) is 0 Å². The maximum absolute atomic E-state index is 5.07. The second-order valence-corrected chi connectivity index (χ2v) is 12.2. The fourth-order valence-electron chi connectivity index (χ4n) is 6.53. The average Bonchev–Trinajstić information content (AvgIpc) is 3.21. The molecule has 234 valence electrons. The van der Waals surface area contributed by atoms with Crippen LogP contribution in [0.5, 0.6) is 0 Å². The number of rotatable bonds is 6. The third-order valence-corrected chi connectivity index (χ3v) is 8.99. The predicted octanol–water partition coefficient (Wildman–Crippen LogP) is 11.0. The highest BCUT2D eigenvalue weighted by Crippen LogP contribution is 2.38. The lowest BCUT2D eigenvalue weighted by atomic mass is 9.91.